The Morgan fingerprint density at radius 2 is 1.85 bits per heavy atom. The van der Waals surface area contributed by atoms with Crippen LogP contribution in [0.15, 0.2) is 12.2 Å². The fourth-order valence-corrected chi connectivity index (χ4v) is 1.19. The predicted molar refractivity (Wildman–Crippen MR) is 50.5 cm³/mol. The molecule has 0 aromatic rings. The maximum atomic E-state index is 11.0. The maximum absolute atomic E-state index is 11.0. The Kier molecular flexibility index (Phi) is 4.11. The van der Waals surface area contributed by atoms with E-state index in [1.165, 1.54) is 12.2 Å². The van der Waals surface area contributed by atoms with Crippen molar-refractivity contribution in [1.29, 1.82) is 0 Å². The monoisotopic (exact) mass is 247 g/mol. The lowest BCUT2D eigenvalue weighted by Gasteiger charge is -2.12. The van der Waals surface area contributed by atoms with E-state index in [4.69, 9.17) is 4.74 Å². The van der Waals surface area contributed by atoms with Gasteiger partial charge in [0, 0.05) is 17.5 Å². The van der Waals surface area contributed by atoms with Crippen LogP contribution in [0.2, 0.25) is 0 Å². The first-order valence-electron chi connectivity index (χ1n) is 3.93. The van der Waals surface area contributed by atoms with Crippen molar-refractivity contribution in [2.75, 3.05) is 25.1 Å². The van der Waals surface area contributed by atoms with Crippen molar-refractivity contribution in [2.45, 2.75) is 0 Å². The lowest BCUT2D eigenvalue weighted by atomic mass is 10.5. The largest absolute Gasteiger partial charge is 0.379 e. The van der Waals surface area contributed by atoms with Gasteiger partial charge in [-0.15, -0.1) is 0 Å². The summed E-state index contributed by atoms with van der Waals surface area (Å²) in [6.07, 6.45) is 2.54. The van der Waals surface area contributed by atoms with Crippen molar-refractivity contribution in [3.05, 3.63) is 12.2 Å². The van der Waals surface area contributed by atoms with Gasteiger partial charge >= 0.3 is 0 Å². The Hall–Kier alpha value is -0.680. The second kappa shape index (κ2) is 5.14. The molecule has 0 N–H and O–H groups in total. The fraction of sp³-hybridized carbons (Fsp3) is 0.500. The molecule has 5 heteroatoms. The smallest absolute Gasteiger partial charge is 0.253 e. The molecule has 1 aliphatic heterocycles. The molecule has 72 valence electrons. The highest BCUT2D eigenvalue weighted by Crippen LogP contribution is 2.02. The van der Waals surface area contributed by atoms with Gasteiger partial charge in [0.15, 0.2) is 0 Å². The highest BCUT2D eigenvalue weighted by Gasteiger charge is 2.22. The molecule has 0 spiro atoms. The minimum absolute atomic E-state index is 0.257. The third-order valence-electron chi connectivity index (χ3n) is 1.58. The van der Waals surface area contributed by atoms with Gasteiger partial charge in [-0.1, -0.05) is 15.9 Å². The van der Waals surface area contributed by atoms with Crippen LogP contribution in [0.5, 0.6) is 0 Å². The first-order chi connectivity index (χ1) is 6.25. The summed E-state index contributed by atoms with van der Waals surface area (Å²) in [6, 6.07) is 0. The molecule has 4 nitrogen and oxygen atoms in total. The van der Waals surface area contributed by atoms with Gasteiger partial charge in [0.25, 0.3) is 11.8 Å². The molecule has 0 atom stereocenters. The van der Waals surface area contributed by atoms with Crippen LogP contribution in [-0.2, 0) is 14.3 Å². The molecule has 0 unspecified atom stereocenters. The Bertz CT molecular complexity index is 222. The summed E-state index contributed by atoms with van der Waals surface area (Å²) in [5, 5.41) is 0.757. The number of hydrogen-bond donors (Lipinski definition) is 0. The summed E-state index contributed by atoms with van der Waals surface area (Å²) in [7, 11) is 0. The van der Waals surface area contributed by atoms with Crippen LogP contribution >= 0.6 is 15.9 Å². The Morgan fingerprint density at radius 3 is 2.38 bits per heavy atom. The van der Waals surface area contributed by atoms with Gasteiger partial charge in [-0.2, -0.15) is 0 Å². The van der Waals surface area contributed by atoms with E-state index in [1.54, 1.807) is 0 Å². The molecule has 0 saturated carbocycles. The number of alkyl halides is 1. The van der Waals surface area contributed by atoms with Gasteiger partial charge in [0.2, 0.25) is 0 Å². The molecule has 0 radical (unpaired) electrons. The Labute approximate surface area is 84.7 Å². The molecular formula is C8H10BrNO3. The maximum Gasteiger partial charge on any atom is 0.253 e. The molecule has 1 aliphatic rings. The number of halogens is 1. The van der Waals surface area contributed by atoms with E-state index in [0.29, 0.717) is 19.8 Å². The quantitative estimate of drug-likeness (QED) is 0.400. The third kappa shape index (κ3) is 2.93. The van der Waals surface area contributed by atoms with E-state index in [1.807, 2.05) is 0 Å². The zero-order valence-electron chi connectivity index (χ0n) is 7.03. The van der Waals surface area contributed by atoms with Crippen LogP contribution in [-0.4, -0.2) is 41.8 Å². The molecule has 0 aliphatic carbocycles. The first-order valence-corrected chi connectivity index (χ1v) is 5.05. The van der Waals surface area contributed by atoms with E-state index in [-0.39, 0.29) is 11.8 Å². The molecular weight excluding hydrogens is 238 g/mol. The first kappa shape index (κ1) is 10.4. The SMILES string of the molecule is O=C1C=CC(=O)N1CCOCCBr. The van der Waals surface area contributed by atoms with Crippen molar-refractivity contribution in [3.63, 3.8) is 0 Å². The topological polar surface area (TPSA) is 46.6 Å². The fourth-order valence-electron chi connectivity index (χ4n) is 0.964. The molecule has 1 heterocycles. The van der Waals surface area contributed by atoms with Crippen LogP contribution < -0.4 is 0 Å². The molecule has 0 saturated heterocycles. The Morgan fingerprint density at radius 1 is 1.23 bits per heavy atom. The Balaban J connectivity index is 2.22. The molecule has 0 bridgehead atoms. The van der Waals surface area contributed by atoms with Gasteiger partial charge < -0.3 is 4.74 Å². The standard InChI is InChI=1S/C8H10BrNO3/c9-3-5-13-6-4-10-7(11)1-2-8(10)12/h1-2H,3-6H2. The summed E-state index contributed by atoms with van der Waals surface area (Å²) in [4.78, 5) is 23.2. The van der Waals surface area contributed by atoms with Crippen molar-refractivity contribution < 1.29 is 14.3 Å². The number of hydrogen-bond acceptors (Lipinski definition) is 3. The normalized spacial score (nSPS) is 15.9. The van der Waals surface area contributed by atoms with Crippen LogP contribution in [0.25, 0.3) is 0 Å². The van der Waals surface area contributed by atoms with Crippen molar-refractivity contribution >= 4 is 27.7 Å². The van der Waals surface area contributed by atoms with E-state index < -0.39 is 0 Å². The highest BCUT2D eigenvalue weighted by molar-refractivity contribution is 9.09. The van der Waals surface area contributed by atoms with Gasteiger partial charge in [-0.05, 0) is 0 Å². The molecule has 2 amide bonds. The van der Waals surface area contributed by atoms with Gasteiger partial charge in [-0.3, -0.25) is 14.5 Å². The zero-order valence-corrected chi connectivity index (χ0v) is 8.62. The summed E-state index contributed by atoms with van der Waals surface area (Å²) >= 11 is 3.20. The summed E-state index contributed by atoms with van der Waals surface area (Å²) < 4.78 is 5.12. The number of ether oxygens (including phenoxy) is 1. The van der Waals surface area contributed by atoms with Crippen LogP contribution in [0, 0.1) is 0 Å². The summed E-state index contributed by atoms with van der Waals surface area (Å²) in [5.41, 5.74) is 0. The minimum Gasteiger partial charge on any atom is -0.379 e. The van der Waals surface area contributed by atoms with E-state index >= 15 is 0 Å². The van der Waals surface area contributed by atoms with Crippen molar-refractivity contribution in [1.82, 2.24) is 4.90 Å². The number of imide groups is 1. The molecule has 0 aromatic carbocycles. The molecule has 1 rings (SSSR count). The number of carbonyl (C=O) groups is 2. The van der Waals surface area contributed by atoms with Crippen LogP contribution in [0.4, 0.5) is 0 Å². The number of nitrogens with zero attached hydrogens (tertiary/aromatic N) is 1. The lowest BCUT2D eigenvalue weighted by Crippen LogP contribution is -2.33. The van der Waals surface area contributed by atoms with E-state index in [0.717, 1.165) is 10.2 Å². The second-order valence-corrected chi connectivity index (χ2v) is 3.26. The summed E-state index contributed by atoms with van der Waals surface area (Å²) in [6.45, 7) is 1.31. The predicted octanol–water partition coefficient (Wildman–Crippen LogP) is 0.323. The summed E-state index contributed by atoms with van der Waals surface area (Å²) in [5.74, 6) is -0.514. The molecule has 0 fully saturated rings. The zero-order chi connectivity index (χ0) is 9.68. The van der Waals surface area contributed by atoms with E-state index in [2.05, 4.69) is 15.9 Å². The van der Waals surface area contributed by atoms with E-state index in [9.17, 15) is 9.59 Å². The number of carbonyl (C=O) groups excluding carboxylic acids is 2. The van der Waals surface area contributed by atoms with Crippen molar-refractivity contribution in [3.8, 4) is 0 Å². The molecule has 0 aromatic heterocycles. The third-order valence-corrected chi connectivity index (χ3v) is 1.91. The second-order valence-electron chi connectivity index (χ2n) is 2.46. The number of rotatable bonds is 5. The van der Waals surface area contributed by atoms with Crippen LogP contribution in [0.1, 0.15) is 0 Å². The van der Waals surface area contributed by atoms with Gasteiger partial charge in [0.1, 0.15) is 0 Å². The lowest BCUT2D eigenvalue weighted by molar-refractivity contribution is -0.137. The van der Waals surface area contributed by atoms with Gasteiger partial charge in [-0.25, -0.2) is 0 Å². The van der Waals surface area contributed by atoms with Crippen molar-refractivity contribution in [2.24, 2.45) is 0 Å². The average Bonchev–Trinajstić information content (AvgIpc) is 2.42. The molecule has 13 heavy (non-hydrogen) atoms. The van der Waals surface area contributed by atoms with Gasteiger partial charge in [0.05, 0.1) is 19.8 Å². The van der Waals surface area contributed by atoms with Crippen LogP contribution in [0.3, 0.4) is 0 Å². The highest BCUT2D eigenvalue weighted by atomic mass is 79.9. The average molecular weight is 248 g/mol. The number of amides is 2. The minimum atomic E-state index is -0.257.